The third kappa shape index (κ3) is 3.50. The van der Waals surface area contributed by atoms with Gasteiger partial charge in [-0.1, -0.05) is 50.0 Å². The molecular formula is C24H28Cl2N4O. The summed E-state index contributed by atoms with van der Waals surface area (Å²) in [5.41, 5.74) is 2.17. The first-order chi connectivity index (χ1) is 14.6. The van der Waals surface area contributed by atoms with Gasteiger partial charge in [-0.2, -0.15) is 5.10 Å². The smallest absolute Gasteiger partial charge is 0.234 e. The molecule has 7 heteroatoms. The number of benzene rings is 1. The number of nitrogens with zero attached hydrogens (tertiary/aromatic N) is 4. The molecule has 4 unspecified atom stereocenters. The zero-order valence-corrected chi connectivity index (χ0v) is 19.9. The average Bonchev–Trinajstić information content (AvgIpc) is 3.22. The van der Waals surface area contributed by atoms with Crippen molar-refractivity contribution < 1.29 is 4.79 Å². The quantitative estimate of drug-likeness (QED) is 0.559. The van der Waals surface area contributed by atoms with E-state index >= 15 is 0 Å². The van der Waals surface area contributed by atoms with Crippen molar-refractivity contribution in [3.63, 3.8) is 0 Å². The summed E-state index contributed by atoms with van der Waals surface area (Å²) in [6.07, 6.45) is 5.00. The molecule has 2 aliphatic heterocycles. The third-order valence-corrected chi connectivity index (χ3v) is 7.96. The van der Waals surface area contributed by atoms with Crippen LogP contribution in [0.25, 0.3) is 0 Å². The van der Waals surface area contributed by atoms with Gasteiger partial charge in [-0.05, 0) is 54.7 Å². The van der Waals surface area contributed by atoms with Crippen molar-refractivity contribution in [2.75, 3.05) is 6.54 Å². The fourth-order valence-corrected chi connectivity index (χ4v) is 6.78. The van der Waals surface area contributed by atoms with E-state index in [0.29, 0.717) is 10.0 Å². The van der Waals surface area contributed by atoms with Crippen LogP contribution >= 0.6 is 23.2 Å². The van der Waals surface area contributed by atoms with Crippen molar-refractivity contribution in [3.8, 4) is 0 Å². The van der Waals surface area contributed by atoms with Crippen molar-refractivity contribution in [1.82, 2.24) is 14.7 Å². The van der Waals surface area contributed by atoms with Gasteiger partial charge in [0.2, 0.25) is 5.91 Å². The van der Waals surface area contributed by atoms with Crippen LogP contribution in [0.15, 0.2) is 35.5 Å². The van der Waals surface area contributed by atoms with E-state index in [1.807, 2.05) is 29.8 Å². The van der Waals surface area contributed by atoms with Crippen LogP contribution in [0, 0.1) is 16.7 Å². The zero-order valence-electron chi connectivity index (χ0n) is 18.4. The molecular weight excluding hydrogens is 431 g/mol. The highest BCUT2D eigenvalue weighted by Gasteiger charge is 2.53. The van der Waals surface area contributed by atoms with E-state index in [1.54, 1.807) is 12.3 Å². The summed E-state index contributed by atoms with van der Waals surface area (Å²) in [4.78, 5) is 21.0. The van der Waals surface area contributed by atoms with Gasteiger partial charge >= 0.3 is 0 Å². The van der Waals surface area contributed by atoms with E-state index < -0.39 is 5.92 Å². The molecule has 0 N–H and O–H groups in total. The molecule has 1 saturated heterocycles. The highest BCUT2D eigenvalue weighted by Crippen LogP contribution is 2.53. The molecule has 2 bridgehead atoms. The number of halogens is 2. The molecule has 5 nitrogen and oxygen atoms in total. The molecule has 2 fully saturated rings. The molecule has 1 saturated carbocycles. The summed E-state index contributed by atoms with van der Waals surface area (Å²) >= 11 is 12.5. The van der Waals surface area contributed by atoms with E-state index in [-0.39, 0.29) is 28.8 Å². The van der Waals surface area contributed by atoms with Gasteiger partial charge < -0.3 is 4.90 Å². The van der Waals surface area contributed by atoms with Gasteiger partial charge in [0.1, 0.15) is 5.92 Å². The van der Waals surface area contributed by atoms with Crippen LogP contribution in [0.3, 0.4) is 0 Å². The minimum Gasteiger partial charge on any atom is -0.338 e. The van der Waals surface area contributed by atoms with Gasteiger partial charge in [-0.15, -0.1) is 0 Å². The monoisotopic (exact) mass is 458 g/mol. The lowest BCUT2D eigenvalue weighted by Crippen LogP contribution is -2.47. The highest BCUT2D eigenvalue weighted by molar-refractivity contribution is 6.42. The topological polar surface area (TPSA) is 50.5 Å². The molecule has 1 aromatic carbocycles. The molecule has 0 spiro atoms. The molecule has 31 heavy (non-hydrogen) atoms. The molecule has 0 radical (unpaired) electrons. The zero-order chi connectivity index (χ0) is 22.1. The summed E-state index contributed by atoms with van der Waals surface area (Å²) in [5.74, 6) is 0.478. The Bertz CT molecular complexity index is 1090. The first-order valence-corrected chi connectivity index (χ1v) is 11.7. The number of aromatic nitrogens is 2. The maximum atomic E-state index is 14.1. The number of hydrogen-bond donors (Lipinski definition) is 0. The van der Waals surface area contributed by atoms with Crippen LogP contribution in [0.5, 0.6) is 0 Å². The van der Waals surface area contributed by atoms with E-state index in [0.717, 1.165) is 42.9 Å². The average molecular weight is 459 g/mol. The standard InChI is InChI=1S/C24H28Cl2N4O/c1-14-20(22(31)29-13-24(4)11-16(29)10-23(2,3)12-24)21(30-19(28-14)7-8-27-30)15-5-6-17(25)18(26)9-15/h5-9,16,20-21H,10-13H2,1-4H3. The van der Waals surface area contributed by atoms with Crippen LogP contribution < -0.4 is 0 Å². The van der Waals surface area contributed by atoms with Gasteiger partial charge in [0.25, 0.3) is 0 Å². The summed E-state index contributed by atoms with van der Waals surface area (Å²) in [6, 6.07) is 7.44. The van der Waals surface area contributed by atoms with Gasteiger partial charge in [-0.3, -0.25) is 4.79 Å². The molecule has 3 aliphatic rings. The van der Waals surface area contributed by atoms with Gasteiger partial charge in [0, 0.05) is 24.4 Å². The Labute approximate surface area is 193 Å². The Balaban J connectivity index is 1.56. The minimum atomic E-state index is -0.421. The molecule has 5 rings (SSSR count). The number of hydrogen-bond acceptors (Lipinski definition) is 3. The fraction of sp³-hybridized carbons (Fsp3) is 0.542. The lowest BCUT2D eigenvalue weighted by molar-refractivity contribution is -0.135. The SMILES string of the molecule is CC1=Nc2ccnn2C(c2ccc(Cl)c(Cl)c2)C1C(=O)N1CC2(C)CC1CC(C)(C)C2. The maximum Gasteiger partial charge on any atom is 0.234 e. The number of rotatable bonds is 2. The number of carbonyl (C=O) groups excluding carboxylic acids is 1. The molecule has 1 amide bonds. The molecule has 4 atom stereocenters. The van der Waals surface area contributed by atoms with Crippen molar-refractivity contribution in [2.45, 2.75) is 59.0 Å². The van der Waals surface area contributed by atoms with Gasteiger partial charge in [-0.25, -0.2) is 9.67 Å². The van der Waals surface area contributed by atoms with Crippen LogP contribution in [0.4, 0.5) is 5.82 Å². The summed E-state index contributed by atoms with van der Waals surface area (Å²) in [6.45, 7) is 9.75. The fourth-order valence-electron chi connectivity index (χ4n) is 6.47. The highest BCUT2D eigenvalue weighted by atomic mass is 35.5. The first-order valence-electron chi connectivity index (χ1n) is 10.9. The second-order valence-corrected chi connectivity index (χ2v) is 11.5. The number of likely N-dealkylation sites (tertiary alicyclic amines) is 1. The van der Waals surface area contributed by atoms with E-state index in [4.69, 9.17) is 28.2 Å². The van der Waals surface area contributed by atoms with E-state index in [2.05, 4.69) is 30.8 Å². The Morgan fingerprint density at radius 1 is 1.13 bits per heavy atom. The molecule has 164 valence electrons. The van der Waals surface area contributed by atoms with E-state index in [1.165, 1.54) is 0 Å². The number of fused-ring (bicyclic) bond motifs is 3. The van der Waals surface area contributed by atoms with Gasteiger partial charge in [0.05, 0.1) is 22.3 Å². The summed E-state index contributed by atoms with van der Waals surface area (Å²) in [7, 11) is 0. The van der Waals surface area contributed by atoms with Crippen LogP contribution in [-0.4, -0.2) is 38.9 Å². The van der Waals surface area contributed by atoms with Gasteiger partial charge in [0.15, 0.2) is 5.82 Å². The van der Waals surface area contributed by atoms with Crippen molar-refractivity contribution in [3.05, 3.63) is 46.1 Å². The lowest BCUT2D eigenvalue weighted by Gasteiger charge is -2.40. The number of amides is 1. The van der Waals surface area contributed by atoms with Crippen LogP contribution in [-0.2, 0) is 4.79 Å². The largest absolute Gasteiger partial charge is 0.338 e. The number of aliphatic imine (C=N–C) groups is 1. The lowest BCUT2D eigenvalue weighted by atomic mass is 9.65. The summed E-state index contributed by atoms with van der Waals surface area (Å²) < 4.78 is 1.85. The van der Waals surface area contributed by atoms with Crippen molar-refractivity contribution >= 4 is 40.6 Å². The Hall–Kier alpha value is -1.85. The predicted molar refractivity (Wildman–Crippen MR) is 124 cm³/mol. The Morgan fingerprint density at radius 2 is 1.90 bits per heavy atom. The molecule has 1 aliphatic carbocycles. The Morgan fingerprint density at radius 3 is 2.65 bits per heavy atom. The van der Waals surface area contributed by atoms with Crippen molar-refractivity contribution in [1.29, 1.82) is 0 Å². The van der Waals surface area contributed by atoms with Crippen LogP contribution in [0.1, 0.15) is 58.6 Å². The Kier molecular flexibility index (Phi) is 4.80. The van der Waals surface area contributed by atoms with E-state index in [9.17, 15) is 4.79 Å². The molecule has 2 aromatic rings. The number of carbonyl (C=O) groups is 1. The van der Waals surface area contributed by atoms with Crippen molar-refractivity contribution in [2.24, 2.45) is 21.7 Å². The predicted octanol–water partition coefficient (Wildman–Crippen LogP) is 5.93. The first kappa shape index (κ1) is 21.0. The second kappa shape index (κ2) is 7.08. The molecule has 3 heterocycles. The molecule has 1 aromatic heterocycles. The minimum absolute atomic E-state index is 0.143. The summed E-state index contributed by atoms with van der Waals surface area (Å²) in [5, 5.41) is 5.50. The maximum absolute atomic E-state index is 14.1. The normalized spacial score (nSPS) is 31.4. The third-order valence-electron chi connectivity index (χ3n) is 7.22. The van der Waals surface area contributed by atoms with Crippen LogP contribution in [0.2, 0.25) is 10.0 Å². The second-order valence-electron chi connectivity index (χ2n) is 10.7.